The molecule has 0 spiro atoms. The molecule has 4 nitrogen and oxygen atoms in total. The summed E-state index contributed by atoms with van der Waals surface area (Å²) < 4.78 is 0. The van der Waals surface area contributed by atoms with Crippen LogP contribution in [0.25, 0.3) is 0 Å². The number of rotatable bonds is 6. The van der Waals surface area contributed by atoms with E-state index in [1.807, 2.05) is 25.1 Å². The van der Waals surface area contributed by atoms with Gasteiger partial charge < -0.3 is 10.6 Å². The first-order valence-electron chi connectivity index (χ1n) is 7.17. The molecular formula is C16H23IN4S. The van der Waals surface area contributed by atoms with Crippen LogP contribution in [-0.4, -0.2) is 24.5 Å². The quantitative estimate of drug-likeness (QED) is 0.320. The Morgan fingerprint density at radius 2 is 2.00 bits per heavy atom. The summed E-state index contributed by atoms with van der Waals surface area (Å²) >= 11 is 1.74. The van der Waals surface area contributed by atoms with Crippen LogP contribution in [0.15, 0.2) is 40.7 Å². The van der Waals surface area contributed by atoms with Crippen LogP contribution in [0.5, 0.6) is 0 Å². The van der Waals surface area contributed by atoms with E-state index >= 15 is 0 Å². The molecule has 0 unspecified atom stereocenters. The van der Waals surface area contributed by atoms with Crippen LogP contribution in [0.3, 0.4) is 0 Å². The molecule has 1 heterocycles. The van der Waals surface area contributed by atoms with Gasteiger partial charge in [0, 0.05) is 37.6 Å². The second kappa shape index (κ2) is 10.6. The second-order valence-corrected chi connectivity index (χ2v) is 5.77. The van der Waals surface area contributed by atoms with Crippen molar-refractivity contribution in [2.24, 2.45) is 4.99 Å². The number of hydrogen-bond donors (Lipinski definition) is 2. The molecule has 2 aromatic rings. The number of aryl methyl sites for hydroxylation is 2. The minimum absolute atomic E-state index is 0. The summed E-state index contributed by atoms with van der Waals surface area (Å²) in [5.74, 6) is 0.842. The lowest BCUT2D eigenvalue weighted by Crippen LogP contribution is -2.37. The van der Waals surface area contributed by atoms with Crippen LogP contribution in [0.2, 0.25) is 0 Å². The predicted octanol–water partition coefficient (Wildman–Crippen LogP) is 3.37. The Bertz CT molecular complexity index is 569. The zero-order valence-electron chi connectivity index (χ0n) is 13.0. The van der Waals surface area contributed by atoms with E-state index in [4.69, 9.17) is 0 Å². The molecule has 120 valence electrons. The van der Waals surface area contributed by atoms with E-state index in [2.05, 4.69) is 38.1 Å². The van der Waals surface area contributed by atoms with Crippen LogP contribution >= 0.6 is 35.3 Å². The van der Waals surface area contributed by atoms with Gasteiger partial charge in [0.05, 0.1) is 5.01 Å². The monoisotopic (exact) mass is 430 g/mol. The molecule has 2 rings (SSSR count). The summed E-state index contributed by atoms with van der Waals surface area (Å²) in [6.07, 6.45) is 2.07. The maximum atomic E-state index is 4.47. The van der Waals surface area contributed by atoms with Gasteiger partial charge in [-0.05, 0) is 18.9 Å². The van der Waals surface area contributed by atoms with Crippen molar-refractivity contribution in [2.45, 2.75) is 26.3 Å². The van der Waals surface area contributed by atoms with Crippen molar-refractivity contribution < 1.29 is 0 Å². The molecular weight excluding hydrogens is 407 g/mol. The summed E-state index contributed by atoms with van der Waals surface area (Å²) in [6.45, 7) is 3.72. The first-order valence-corrected chi connectivity index (χ1v) is 8.05. The van der Waals surface area contributed by atoms with Crippen LogP contribution in [0.1, 0.15) is 22.7 Å². The highest BCUT2D eigenvalue weighted by Crippen LogP contribution is 2.10. The molecule has 0 aliphatic rings. The standard InChI is InChI=1S/C16H22N4S.HI/c1-13-12-21-15(20-13)9-6-10-18-16(17-2)19-11-14-7-4-3-5-8-14;/h3-5,7-8,12H,6,9-11H2,1-2H3,(H2,17,18,19);1H. The predicted molar refractivity (Wildman–Crippen MR) is 105 cm³/mol. The smallest absolute Gasteiger partial charge is 0.191 e. The van der Waals surface area contributed by atoms with Crippen molar-refractivity contribution in [3.8, 4) is 0 Å². The molecule has 22 heavy (non-hydrogen) atoms. The van der Waals surface area contributed by atoms with Crippen molar-refractivity contribution in [1.82, 2.24) is 15.6 Å². The van der Waals surface area contributed by atoms with Gasteiger partial charge in [0.1, 0.15) is 0 Å². The summed E-state index contributed by atoms with van der Waals surface area (Å²) in [6, 6.07) is 10.3. The van der Waals surface area contributed by atoms with E-state index in [9.17, 15) is 0 Å². The van der Waals surface area contributed by atoms with Crippen LogP contribution in [0.4, 0.5) is 0 Å². The van der Waals surface area contributed by atoms with Crippen molar-refractivity contribution >= 4 is 41.3 Å². The highest BCUT2D eigenvalue weighted by molar-refractivity contribution is 14.0. The van der Waals surface area contributed by atoms with Crippen LogP contribution in [-0.2, 0) is 13.0 Å². The number of aliphatic imine (C=N–C) groups is 1. The zero-order valence-corrected chi connectivity index (χ0v) is 16.2. The molecule has 1 aromatic carbocycles. The number of nitrogens with one attached hydrogen (secondary N) is 2. The SMILES string of the molecule is CN=C(NCCCc1nc(C)cs1)NCc1ccccc1.I. The summed E-state index contributed by atoms with van der Waals surface area (Å²) in [5, 5.41) is 9.96. The number of guanidine groups is 1. The third-order valence-electron chi connectivity index (χ3n) is 3.05. The van der Waals surface area contributed by atoms with Crippen molar-refractivity contribution in [3.63, 3.8) is 0 Å². The fourth-order valence-electron chi connectivity index (χ4n) is 1.97. The maximum absolute atomic E-state index is 4.47. The van der Waals surface area contributed by atoms with E-state index < -0.39 is 0 Å². The highest BCUT2D eigenvalue weighted by Gasteiger charge is 2.00. The summed E-state index contributed by atoms with van der Waals surface area (Å²) in [5.41, 5.74) is 2.36. The number of benzene rings is 1. The molecule has 6 heteroatoms. The van der Waals surface area contributed by atoms with Gasteiger partial charge in [0.25, 0.3) is 0 Å². The molecule has 0 saturated heterocycles. The lowest BCUT2D eigenvalue weighted by molar-refractivity contribution is 0.739. The minimum Gasteiger partial charge on any atom is -0.356 e. The fourth-order valence-corrected chi connectivity index (χ4v) is 2.78. The largest absolute Gasteiger partial charge is 0.356 e. The fraction of sp³-hybridized carbons (Fsp3) is 0.375. The van der Waals surface area contributed by atoms with Gasteiger partial charge in [0.2, 0.25) is 0 Å². The van der Waals surface area contributed by atoms with Gasteiger partial charge in [-0.2, -0.15) is 0 Å². The van der Waals surface area contributed by atoms with E-state index in [0.717, 1.165) is 37.6 Å². The van der Waals surface area contributed by atoms with Gasteiger partial charge in [-0.1, -0.05) is 30.3 Å². The van der Waals surface area contributed by atoms with Gasteiger partial charge in [-0.25, -0.2) is 4.98 Å². The van der Waals surface area contributed by atoms with E-state index in [1.165, 1.54) is 10.6 Å². The lowest BCUT2D eigenvalue weighted by atomic mass is 10.2. The molecule has 2 N–H and O–H groups in total. The summed E-state index contributed by atoms with van der Waals surface area (Å²) in [7, 11) is 1.80. The van der Waals surface area contributed by atoms with Crippen LogP contribution < -0.4 is 10.6 Å². The molecule has 0 saturated carbocycles. The number of halogens is 1. The normalized spacial score (nSPS) is 10.9. The molecule has 0 aliphatic carbocycles. The molecule has 0 amide bonds. The molecule has 0 atom stereocenters. The molecule has 0 aliphatic heterocycles. The third-order valence-corrected chi connectivity index (χ3v) is 4.08. The van der Waals surface area contributed by atoms with Crippen molar-refractivity contribution in [3.05, 3.63) is 52.0 Å². The number of nitrogens with zero attached hydrogens (tertiary/aromatic N) is 2. The van der Waals surface area contributed by atoms with Crippen LogP contribution in [0, 0.1) is 6.92 Å². The number of aromatic nitrogens is 1. The lowest BCUT2D eigenvalue weighted by Gasteiger charge is -2.11. The highest BCUT2D eigenvalue weighted by atomic mass is 127. The van der Waals surface area contributed by atoms with Gasteiger partial charge in [0.15, 0.2) is 5.96 Å². The molecule has 0 radical (unpaired) electrons. The number of thiazole rings is 1. The Morgan fingerprint density at radius 1 is 1.23 bits per heavy atom. The van der Waals surface area contributed by atoms with Gasteiger partial charge in [-0.15, -0.1) is 35.3 Å². The maximum Gasteiger partial charge on any atom is 0.191 e. The van der Waals surface area contributed by atoms with Crippen molar-refractivity contribution in [1.29, 1.82) is 0 Å². The average molecular weight is 430 g/mol. The number of hydrogen-bond acceptors (Lipinski definition) is 3. The Morgan fingerprint density at radius 3 is 2.64 bits per heavy atom. The Kier molecular flexibility index (Phi) is 9.07. The molecule has 0 bridgehead atoms. The van der Waals surface area contributed by atoms with E-state index in [-0.39, 0.29) is 24.0 Å². The minimum atomic E-state index is 0. The molecule has 1 aromatic heterocycles. The Labute approximate surface area is 153 Å². The Balaban J connectivity index is 0.00000242. The first-order chi connectivity index (χ1) is 10.3. The third kappa shape index (κ3) is 6.74. The van der Waals surface area contributed by atoms with Gasteiger partial charge in [-0.3, -0.25) is 4.99 Å². The topological polar surface area (TPSA) is 49.3 Å². The summed E-state index contributed by atoms with van der Waals surface area (Å²) in [4.78, 5) is 8.70. The zero-order chi connectivity index (χ0) is 14.9. The van der Waals surface area contributed by atoms with Crippen molar-refractivity contribution in [2.75, 3.05) is 13.6 Å². The first kappa shape index (κ1) is 18.9. The molecule has 0 fully saturated rings. The Hall–Kier alpha value is -1.15. The van der Waals surface area contributed by atoms with E-state index in [1.54, 1.807) is 18.4 Å². The average Bonchev–Trinajstić information content (AvgIpc) is 2.93. The van der Waals surface area contributed by atoms with E-state index in [0.29, 0.717) is 0 Å². The second-order valence-electron chi connectivity index (χ2n) is 4.82. The van der Waals surface area contributed by atoms with Gasteiger partial charge >= 0.3 is 0 Å².